The van der Waals surface area contributed by atoms with E-state index in [1.165, 1.54) is 110 Å². The fourth-order valence-corrected chi connectivity index (χ4v) is 5.14. The first kappa shape index (κ1) is 28.4. The molecule has 3 aromatic carbocycles. The van der Waals surface area contributed by atoms with Crippen molar-refractivity contribution in [1.29, 1.82) is 0 Å². The quantitative estimate of drug-likeness (QED) is 0.130. The van der Waals surface area contributed by atoms with Gasteiger partial charge in [0.1, 0.15) is 11.5 Å². The highest BCUT2D eigenvalue weighted by atomic mass is 16.5. The monoisotopic (exact) mass is 490 g/mol. The minimum absolute atomic E-state index is 0.776. The lowest BCUT2D eigenvalue weighted by atomic mass is 9.96. The molecular weight excluding hydrogens is 440 g/mol. The highest BCUT2D eigenvalue weighted by Crippen LogP contribution is 2.43. The summed E-state index contributed by atoms with van der Waals surface area (Å²) in [5, 5.41) is 4.72. The summed E-state index contributed by atoms with van der Waals surface area (Å²) in [5.74, 6) is 2.05. The van der Waals surface area contributed by atoms with Crippen LogP contribution in [0.5, 0.6) is 11.5 Å². The number of ether oxygens (including phenoxy) is 2. The standard InChI is InChI=1S/C34H50O2/c1-5-7-9-11-13-15-19-23-35-33-29-21-17-18-22-30(29)34(32-26-28(4)27(3)25-31(32)33)36-24-20-16-14-12-10-8-6-2/h17-18,21-22,25-26H,5-16,19-20,23-24H2,1-4H3. The van der Waals surface area contributed by atoms with E-state index >= 15 is 0 Å². The Kier molecular flexibility index (Phi) is 12.4. The van der Waals surface area contributed by atoms with E-state index < -0.39 is 0 Å². The average Bonchev–Trinajstić information content (AvgIpc) is 2.89. The van der Waals surface area contributed by atoms with Crippen LogP contribution < -0.4 is 9.47 Å². The van der Waals surface area contributed by atoms with Crippen molar-refractivity contribution in [3.63, 3.8) is 0 Å². The van der Waals surface area contributed by atoms with Crippen LogP contribution in [0.2, 0.25) is 0 Å². The molecule has 0 aliphatic heterocycles. The van der Waals surface area contributed by atoms with Crippen LogP contribution in [-0.4, -0.2) is 13.2 Å². The molecule has 0 aliphatic rings. The molecule has 0 saturated carbocycles. The second-order valence-corrected chi connectivity index (χ2v) is 10.6. The Morgan fingerprint density at radius 1 is 0.472 bits per heavy atom. The summed E-state index contributed by atoms with van der Waals surface area (Å²) in [4.78, 5) is 0. The van der Waals surface area contributed by atoms with Gasteiger partial charge in [-0.05, 0) is 49.9 Å². The van der Waals surface area contributed by atoms with Crippen molar-refractivity contribution < 1.29 is 9.47 Å². The van der Waals surface area contributed by atoms with Crippen molar-refractivity contribution in [3.8, 4) is 11.5 Å². The number of hydrogen-bond acceptors (Lipinski definition) is 2. The highest BCUT2D eigenvalue weighted by Gasteiger charge is 2.17. The summed E-state index contributed by atoms with van der Waals surface area (Å²) in [6.07, 6.45) is 18.1. The number of rotatable bonds is 18. The highest BCUT2D eigenvalue weighted by molar-refractivity contribution is 6.11. The van der Waals surface area contributed by atoms with Crippen molar-refractivity contribution >= 4 is 21.5 Å². The lowest BCUT2D eigenvalue weighted by molar-refractivity contribution is 0.306. The second kappa shape index (κ2) is 15.8. The molecule has 0 spiro atoms. The van der Waals surface area contributed by atoms with E-state index in [2.05, 4.69) is 64.1 Å². The third-order valence-electron chi connectivity index (χ3n) is 7.53. The average molecular weight is 491 g/mol. The number of fused-ring (bicyclic) bond motifs is 2. The Morgan fingerprint density at radius 2 is 0.833 bits per heavy atom. The van der Waals surface area contributed by atoms with Gasteiger partial charge in [-0.3, -0.25) is 0 Å². The van der Waals surface area contributed by atoms with Crippen LogP contribution in [0, 0.1) is 13.8 Å². The molecule has 36 heavy (non-hydrogen) atoms. The topological polar surface area (TPSA) is 18.5 Å². The zero-order valence-corrected chi connectivity index (χ0v) is 23.6. The third-order valence-corrected chi connectivity index (χ3v) is 7.53. The van der Waals surface area contributed by atoms with E-state index in [0.29, 0.717) is 0 Å². The van der Waals surface area contributed by atoms with Crippen LogP contribution in [0.4, 0.5) is 0 Å². The number of unbranched alkanes of at least 4 members (excludes halogenated alkanes) is 12. The summed E-state index contributed by atoms with van der Waals surface area (Å²) in [6.45, 7) is 10.5. The molecule has 3 aromatic rings. The Hall–Kier alpha value is -2.22. The van der Waals surface area contributed by atoms with E-state index in [9.17, 15) is 0 Å². The Morgan fingerprint density at radius 3 is 1.22 bits per heavy atom. The van der Waals surface area contributed by atoms with Gasteiger partial charge in [-0.15, -0.1) is 0 Å². The Labute approximate surface area is 220 Å². The molecule has 0 aromatic heterocycles. The van der Waals surface area contributed by atoms with Crippen molar-refractivity contribution in [3.05, 3.63) is 47.5 Å². The number of hydrogen-bond donors (Lipinski definition) is 0. The van der Waals surface area contributed by atoms with Crippen LogP contribution >= 0.6 is 0 Å². The first-order valence-corrected chi connectivity index (χ1v) is 14.9. The van der Waals surface area contributed by atoms with Crippen LogP contribution in [0.3, 0.4) is 0 Å². The molecule has 2 nitrogen and oxygen atoms in total. The van der Waals surface area contributed by atoms with Crippen molar-refractivity contribution in [1.82, 2.24) is 0 Å². The predicted octanol–water partition coefficient (Wildman–Crippen LogP) is 10.9. The van der Waals surface area contributed by atoms with Gasteiger partial charge >= 0.3 is 0 Å². The molecular formula is C34H50O2. The van der Waals surface area contributed by atoms with Gasteiger partial charge < -0.3 is 9.47 Å². The fraction of sp³-hybridized carbons (Fsp3) is 0.588. The molecule has 0 aliphatic carbocycles. The van der Waals surface area contributed by atoms with Crippen molar-refractivity contribution in [2.45, 2.75) is 118 Å². The first-order chi connectivity index (χ1) is 17.7. The summed E-state index contributed by atoms with van der Waals surface area (Å²) in [6, 6.07) is 13.2. The van der Waals surface area contributed by atoms with E-state index in [1.807, 2.05) is 0 Å². The lowest BCUT2D eigenvalue weighted by Gasteiger charge is -2.19. The largest absolute Gasteiger partial charge is 0.492 e. The normalized spacial score (nSPS) is 11.4. The van der Waals surface area contributed by atoms with E-state index in [0.717, 1.165) is 37.6 Å². The zero-order chi connectivity index (χ0) is 25.6. The maximum absolute atomic E-state index is 6.54. The minimum atomic E-state index is 0.776. The molecule has 0 atom stereocenters. The summed E-state index contributed by atoms with van der Waals surface area (Å²) in [7, 11) is 0. The molecule has 0 amide bonds. The number of benzene rings is 3. The van der Waals surface area contributed by atoms with Crippen LogP contribution in [-0.2, 0) is 0 Å². The van der Waals surface area contributed by atoms with Crippen molar-refractivity contribution in [2.24, 2.45) is 0 Å². The van der Waals surface area contributed by atoms with E-state index in [1.54, 1.807) is 0 Å². The van der Waals surface area contributed by atoms with Gasteiger partial charge in [0, 0.05) is 21.5 Å². The maximum Gasteiger partial charge on any atom is 0.135 e. The molecule has 0 saturated heterocycles. The summed E-state index contributed by atoms with van der Waals surface area (Å²) < 4.78 is 13.1. The first-order valence-electron chi connectivity index (χ1n) is 14.9. The molecule has 0 radical (unpaired) electrons. The minimum Gasteiger partial charge on any atom is -0.492 e. The lowest BCUT2D eigenvalue weighted by Crippen LogP contribution is -2.03. The third kappa shape index (κ3) is 8.15. The molecule has 0 N–H and O–H groups in total. The van der Waals surface area contributed by atoms with Gasteiger partial charge in [0.2, 0.25) is 0 Å². The molecule has 0 fully saturated rings. The molecule has 3 rings (SSSR count). The smallest absolute Gasteiger partial charge is 0.135 e. The van der Waals surface area contributed by atoms with Gasteiger partial charge in [-0.1, -0.05) is 115 Å². The fourth-order valence-electron chi connectivity index (χ4n) is 5.14. The Balaban J connectivity index is 1.74. The SMILES string of the molecule is CCCCCCCCCOc1c2ccccc2c(OCCCCCCCCC)c2cc(C)c(C)cc12. The predicted molar refractivity (Wildman–Crippen MR) is 158 cm³/mol. The van der Waals surface area contributed by atoms with E-state index in [-0.39, 0.29) is 0 Å². The van der Waals surface area contributed by atoms with Crippen LogP contribution in [0.1, 0.15) is 115 Å². The van der Waals surface area contributed by atoms with Gasteiger partial charge in [0.05, 0.1) is 13.2 Å². The van der Waals surface area contributed by atoms with E-state index in [4.69, 9.17) is 9.47 Å². The van der Waals surface area contributed by atoms with Gasteiger partial charge in [-0.25, -0.2) is 0 Å². The van der Waals surface area contributed by atoms with Crippen LogP contribution in [0.25, 0.3) is 21.5 Å². The number of aryl methyl sites for hydroxylation is 2. The maximum atomic E-state index is 6.54. The van der Waals surface area contributed by atoms with Gasteiger partial charge in [-0.2, -0.15) is 0 Å². The summed E-state index contributed by atoms with van der Waals surface area (Å²) >= 11 is 0. The zero-order valence-electron chi connectivity index (χ0n) is 23.6. The van der Waals surface area contributed by atoms with Crippen LogP contribution in [0.15, 0.2) is 36.4 Å². The molecule has 198 valence electrons. The second-order valence-electron chi connectivity index (χ2n) is 10.6. The summed E-state index contributed by atoms with van der Waals surface area (Å²) in [5.41, 5.74) is 2.60. The van der Waals surface area contributed by atoms with Gasteiger partial charge in [0.15, 0.2) is 0 Å². The Bertz CT molecular complexity index is 968. The van der Waals surface area contributed by atoms with Gasteiger partial charge in [0.25, 0.3) is 0 Å². The molecule has 0 unspecified atom stereocenters. The molecule has 0 heterocycles. The molecule has 0 bridgehead atoms. The molecule has 2 heteroatoms. The van der Waals surface area contributed by atoms with Crippen molar-refractivity contribution in [2.75, 3.05) is 13.2 Å².